The number of rotatable bonds is 4. The minimum Gasteiger partial charge on any atom is -0.313 e. The second-order valence-corrected chi connectivity index (χ2v) is 5.14. The molecule has 0 bridgehead atoms. The lowest BCUT2D eigenvalue weighted by molar-refractivity contribution is 0.0955. The van der Waals surface area contributed by atoms with Crippen LogP contribution >= 0.6 is 0 Å². The number of aromatic nitrogens is 1. The fourth-order valence-electron chi connectivity index (χ4n) is 2.40. The molecule has 1 heterocycles. The van der Waals surface area contributed by atoms with Crippen LogP contribution in [0, 0.1) is 6.92 Å². The van der Waals surface area contributed by atoms with Crippen molar-refractivity contribution in [2.24, 2.45) is 5.10 Å². The minimum atomic E-state index is -0.226. The Morgan fingerprint density at radius 3 is 2.30 bits per heavy atom. The zero-order valence-corrected chi connectivity index (χ0v) is 12.8. The number of carbonyl (C=O) groups excluding carboxylic acids is 1. The van der Waals surface area contributed by atoms with Gasteiger partial charge in [-0.15, -0.1) is 0 Å². The Balaban J connectivity index is 1.78. The van der Waals surface area contributed by atoms with Gasteiger partial charge >= 0.3 is 0 Å². The van der Waals surface area contributed by atoms with Gasteiger partial charge in [0, 0.05) is 16.9 Å². The van der Waals surface area contributed by atoms with Crippen molar-refractivity contribution in [3.8, 4) is 5.69 Å². The van der Waals surface area contributed by atoms with Crippen LogP contribution in [0.1, 0.15) is 21.7 Å². The number of hydrazone groups is 1. The Bertz CT molecular complexity index is 820. The Kier molecular flexibility index (Phi) is 4.34. The molecule has 3 aromatic rings. The maximum atomic E-state index is 12.0. The number of aryl methyl sites for hydroxylation is 1. The summed E-state index contributed by atoms with van der Waals surface area (Å²) in [5.41, 5.74) is 6.20. The maximum Gasteiger partial charge on any atom is 0.271 e. The molecule has 23 heavy (non-hydrogen) atoms. The molecule has 2 aromatic carbocycles. The summed E-state index contributed by atoms with van der Waals surface area (Å²) in [4.78, 5) is 12.0. The molecular weight excluding hydrogens is 286 g/mol. The van der Waals surface area contributed by atoms with Gasteiger partial charge in [0.15, 0.2) is 0 Å². The van der Waals surface area contributed by atoms with E-state index in [-0.39, 0.29) is 5.91 Å². The van der Waals surface area contributed by atoms with Crippen molar-refractivity contribution in [3.63, 3.8) is 0 Å². The van der Waals surface area contributed by atoms with Gasteiger partial charge < -0.3 is 4.57 Å². The molecule has 1 N–H and O–H groups in total. The number of nitrogens with one attached hydrogen (secondary N) is 1. The summed E-state index contributed by atoms with van der Waals surface area (Å²) >= 11 is 0. The first kappa shape index (κ1) is 14.8. The topological polar surface area (TPSA) is 46.4 Å². The number of amides is 1. The number of benzene rings is 2. The number of nitrogens with zero attached hydrogens (tertiary/aromatic N) is 2. The normalized spacial score (nSPS) is 10.8. The molecule has 0 fully saturated rings. The van der Waals surface area contributed by atoms with Crippen LogP contribution in [0.25, 0.3) is 5.69 Å². The Morgan fingerprint density at radius 1 is 0.957 bits per heavy atom. The van der Waals surface area contributed by atoms with E-state index in [0.717, 1.165) is 17.1 Å². The summed E-state index contributed by atoms with van der Waals surface area (Å²) in [5.74, 6) is -0.226. The van der Waals surface area contributed by atoms with Gasteiger partial charge in [0.25, 0.3) is 5.91 Å². The molecule has 0 aliphatic rings. The van der Waals surface area contributed by atoms with Gasteiger partial charge in [-0.05, 0) is 43.3 Å². The number of hydrogen-bond donors (Lipinski definition) is 1. The predicted octanol–water partition coefficient (Wildman–Crippen LogP) is 3.55. The summed E-state index contributed by atoms with van der Waals surface area (Å²) in [6.07, 6.45) is 1.65. The third kappa shape index (κ3) is 3.37. The summed E-state index contributed by atoms with van der Waals surface area (Å²) in [7, 11) is 0. The van der Waals surface area contributed by atoms with E-state index in [9.17, 15) is 4.79 Å². The lowest BCUT2D eigenvalue weighted by atomic mass is 10.2. The third-order valence-corrected chi connectivity index (χ3v) is 3.52. The Hall–Kier alpha value is -3.14. The van der Waals surface area contributed by atoms with Crippen molar-refractivity contribution in [2.45, 2.75) is 6.92 Å². The van der Waals surface area contributed by atoms with Crippen LogP contribution in [0.3, 0.4) is 0 Å². The molecule has 0 spiro atoms. The summed E-state index contributed by atoms with van der Waals surface area (Å²) < 4.78 is 2.08. The largest absolute Gasteiger partial charge is 0.313 e. The fourth-order valence-corrected chi connectivity index (χ4v) is 2.40. The van der Waals surface area contributed by atoms with E-state index < -0.39 is 0 Å². The van der Waals surface area contributed by atoms with Gasteiger partial charge in [-0.1, -0.05) is 36.4 Å². The van der Waals surface area contributed by atoms with Crippen LogP contribution in [0.4, 0.5) is 0 Å². The number of hydrogen-bond acceptors (Lipinski definition) is 2. The van der Waals surface area contributed by atoms with E-state index in [1.807, 2.05) is 67.6 Å². The zero-order valence-electron chi connectivity index (χ0n) is 12.8. The highest BCUT2D eigenvalue weighted by Crippen LogP contribution is 2.15. The molecule has 4 heteroatoms. The second-order valence-electron chi connectivity index (χ2n) is 5.14. The van der Waals surface area contributed by atoms with Gasteiger partial charge in [-0.2, -0.15) is 5.10 Å². The smallest absolute Gasteiger partial charge is 0.271 e. The summed E-state index contributed by atoms with van der Waals surface area (Å²) in [6.45, 7) is 2.03. The molecule has 1 amide bonds. The van der Waals surface area contributed by atoms with E-state index in [1.165, 1.54) is 0 Å². The Morgan fingerprint density at radius 2 is 1.61 bits per heavy atom. The van der Waals surface area contributed by atoms with E-state index in [4.69, 9.17) is 0 Å². The molecule has 0 saturated heterocycles. The molecule has 114 valence electrons. The maximum absolute atomic E-state index is 12.0. The SMILES string of the molecule is Cc1ccc(/C=N/NC(=O)c2ccccc2)n1-c1ccccc1. The Labute approximate surface area is 135 Å². The van der Waals surface area contributed by atoms with Gasteiger partial charge in [0.1, 0.15) is 0 Å². The van der Waals surface area contributed by atoms with E-state index in [1.54, 1.807) is 18.3 Å². The van der Waals surface area contributed by atoms with Crippen LogP contribution in [0.15, 0.2) is 77.9 Å². The monoisotopic (exact) mass is 303 g/mol. The highest BCUT2D eigenvalue weighted by Gasteiger charge is 2.06. The zero-order chi connectivity index (χ0) is 16.1. The first-order chi connectivity index (χ1) is 11.3. The molecular formula is C19H17N3O. The summed E-state index contributed by atoms with van der Waals surface area (Å²) in [6, 6.07) is 23.0. The molecule has 4 nitrogen and oxygen atoms in total. The van der Waals surface area contributed by atoms with Crippen LogP contribution in [0.5, 0.6) is 0 Å². The van der Waals surface area contributed by atoms with Crippen molar-refractivity contribution >= 4 is 12.1 Å². The molecule has 1 aromatic heterocycles. The van der Waals surface area contributed by atoms with Crippen LogP contribution in [-0.2, 0) is 0 Å². The van der Waals surface area contributed by atoms with E-state index in [0.29, 0.717) is 5.56 Å². The number of carbonyl (C=O) groups is 1. The molecule has 3 rings (SSSR count). The van der Waals surface area contributed by atoms with Crippen molar-refractivity contribution in [1.82, 2.24) is 9.99 Å². The van der Waals surface area contributed by atoms with Crippen molar-refractivity contribution < 1.29 is 4.79 Å². The van der Waals surface area contributed by atoms with Crippen molar-refractivity contribution in [3.05, 3.63) is 89.7 Å². The third-order valence-electron chi connectivity index (χ3n) is 3.52. The van der Waals surface area contributed by atoms with Crippen molar-refractivity contribution in [2.75, 3.05) is 0 Å². The van der Waals surface area contributed by atoms with Gasteiger partial charge in [-0.3, -0.25) is 4.79 Å². The van der Waals surface area contributed by atoms with E-state index in [2.05, 4.69) is 15.1 Å². The lowest BCUT2D eigenvalue weighted by Crippen LogP contribution is -2.17. The van der Waals surface area contributed by atoms with Gasteiger partial charge in [-0.25, -0.2) is 5.43 Å². The second kappa shape index (κ2) is 6.75. The molecule has 0 radical (unpaired) electrons. The average Bonchev–Trinajstić information content (AvgIpc) is 2.97. The molecule has 0 aliphatic carbocycles. The highest BCUT2D eigenvalue weighted by molar-refractivity contribution is 5.94. The fraction of sp³-hybridized carbons (Fsp3) is 0.0526. The molecule has 0 aliphatic heterocycles. The van der Waals surface area contributed by atoms with Crippen molar-refractivity contribution in [1.29, 1.82) is 0 Å². The quantitative estimate of drug-likeness (QED) is 0.581. The van der Waals surface area contributed by atoms with E-state index >= 15 is 0 Å². The molecule has 0 unspecified atom stereocenters. The van der Waals surface area contributed by atoms with Crippen LogP contribution < -0.4 is 5.43 Å². The van der Waals surface area contributed by atoms with Gasteiger partial charge in [0.2, 0.25) is 0 Å². The first-order valence-electron chi connectivity index (χ1n) is 7.38. The summed E-state index contributed by atoms with van der Waals surface area (Å²) in [5, 5.41) is 4.07. The number of para-hydroxylation sites is 1. The highest BCUT2D eigenvalue weighted by atomic mass is 16.2. The van der Waals surface area contributed by atoms with Crippen LogP contribution in [-0.4, -0.2) is 16.7 Å². The van der Waals surface area contributed by atoms with Crippen LogP contribution in [0.2, 0.25) is 0 Å². The standard InChI is InChI=1S/C19H17N3O/c1-15-12-13-18(22(15)17-10-6-3-7-11-17)14-20-21-19(23)16-8-4-2-5-9-16/h2-14H,1H3,(H,21,23)/b20-14+. The first-order valence-corrected chi connectivity index (χ1v) is 7.38. The minimum absolute atomic E-state index is 0.226. The average molecular weight is 303 g/mol. The lowest BCUT2D eigenvalue weighted by Gasteiger charge is -2.08. The molecule has 0 atom stereocenters. The molecule has 0 saturated carbocycles. The predicted molar refractivity (Wildman–Crippen MR) is 92.0 cm³/mol. The van der Waals surface area contributed by atoms with Gasteiger partial charge in [0.05, 0.1) is 11.9 Å².